The third-order valence-electron chi connectivity index (χ3n) is 6.81. The lowest BCUT2D eigenvalue weighted by molar-refractivity contribution is 0.0923. The highest BCUT2D eigenvalue weighted by Crippen LogP contribution is 2.27. The number of nitrogens with one attached hydrogen (secondary N) is 1. The van der Waals surface area contributed by atoms with Crippen molar-refractivity contribution in [3.63, 3.8) is 0 Å². The predicted octanol–water partition coefficient (Wildman–Crippen LogP) is 7.34. The first kappa shape index (κ1) is 24.2. The number of benzene rings is 4. The van der Waals surface area contributed by atoms with Gasteiger partial charge in [-0.1, -0.05) is 48.5 Å². The molecule has 0 radical (unpaired) electrons. The maximum atomic E-state index is 12.7. The van der Waals surface area contributed by atoms with E-state index >= 15 is 0 Å². The molecular formula is C33H27N3O3. The Morgan fingerprint density at radius 1 is 0.846 bits per heavy atom. The van der Waals surface area contributed by atoms with Crippen LogP contribution in [0.5, 0.6) is 5.75 Å². The zero-order valence-electron chi connectivity index (χ0n) is 21.7. The summed E-state index contributed by atoms with van der Waals surface area (Å²) < 4.78 is 13.8. The summed E-state index contributed by atoms with van der Waals surface area (Å²) in [4.78, 5) is 12.7. The Morgan fingerprint density at radius 2 is 1.49 bits per heavy atom. The van der Waals surface area contributed by atoms with Crippen LogP contribution < -0.4 is 10.2 Å². The standard InChI is InChI=1S/C33H27N3O3/c1-22-11-12-23(2)36(22)26-13-15-27(16-14-26)38-21-28-17-18-32(39-28)33(37)35-34-20-31-29-9-5-3-7-24(29)19-25-8-4-6-10-30(25)31/h3-20H,21H2,1-2H3,(H,35,37)/b34-20+. The molecule has 0 unspecified atom stereocenters. The molecule has 0 atom stereocenters. The molecule has 1 amide bonds. The summed E-state index contributed by atoms with van der Waals surface area (Å²) in [6.45, 7) is 4.37. The fourth-order valence-electron chi connectivity index (χ4n) is 4.90. The number of hydrogen-bond donors (Lipinski definition) is 1. The highest BCUT2D eigenvalue weighted by atomic mass is 16.5. The molecule has 0 saturated heterocycles. The molecule has 1 N–H and O–H groups in total. The first-order chi connectivity index (χ1) is 19.1. The van der Waals surface area contributed by atoms with Crippen molar-refractivity contribution in [2.75, 3.05) is 0 Å². The molecule has 6 rings (SSSR count). The molecule has 2 heterocycles. The zero-order valence-corrected chi connectivity index (χ0v) is 21.7. The van der Waals surface area contributed by atoms with Gasteiger partial charge in [-0.15, -0.1) is 0 Å². The van der Waals surface area contributed by atoms with Crippen LogP contribution in [-0.4, -0.2) is 16.7 Å². The fraction of sp³-hybridized carbons (Fsp3) is 0.0909. The van der Waals surface area contributed by atoms with Gasteiger partial charge >= 0.3 is 5.91 Å². The van der Waals surface area contributed by atoms with E-state index in [9.17, 15) is 4.79 Å². The van der Waals surface area contributed by atoms with Crippen LogP contribution in [0.1, 0.15) is 33.3 Å². The summed E-state index contributed by atoms with van der Waals surface area (Å²) in [6, 6.07) is 33.9. The monoisotopic (exact) mass is 513 g/mol. The lowest BCUT2D eigenvalue weighted by Gasteiger charge is -2.10. The third-order valence-corrected chi connectivity index (χ3v) is 6.81. The van der Waals surface area contributed by atoms with Gasteiger partial charge in [-0.25, -0.2) is 5.43 Å². The second-order valence-electron chi connectivity index (χ2n) is 9.43. The minimum absolute atomic E-state index is 0.169. The summed E-state index contributed by atoms with van der Waals surface area (Å²) in [5, 5.41) is 8.61. The number of nitrogens with zero attached hydrogens (tertiary/aromatic N) is 2. The number of carbonyl (C=O) groups excluding carboxylic acids is 1. The van der Waals surface area contributed by atoms with Crippen LogP contribution in [0.15, 0.2) is 113 Å². The Bertz CT molecular complexity index is 1750. The number of amides is 1. The molecule has 2 aromatic heterocycles. The van der Waals surface area contributed by atoms with Gasteiger partial charge in [0, 0.05) is 22.6 Å². The number of aryl methyl sites for hydroxylation is 2. The molecule has 4 aromatic carbocycles. The average molecular weight is 514 g/mol. The van der Waals surface area contributed by atoms with Crippen LogP contribution in [0.4, 0.5) is 0 Å². The van der Waals surface area contributed by atoms with Gasteiger partial charge in [-0.3, -0.25) is 4.79 Å². The Hall–Kier alpha value is -5.10. The normalized spacial score (nSPS) is 11.4. The van der Waals surface area contributed by atoms with Crippen molar-refractivity contribution in [2.24, 2.45) is 5.10 Å². The highest BCUT2D eigenvalue weighted by Gasteiger charge is 2.12. The van der Waals surface area contributed by atoms with Gasteiger partial charge in [-0.05, 0) is 90.0 Å². The summed E-state index contributed by atoms with van der Waals surface area (Å²) in [6.07, 6.45) is 1.69. The van der Waals surface area contributed by atoms with Gasteiger partial charge in [0.05, 0.1) is 6.21 Å². The maximum absolute atomic E-state index is 12.7. The van der Waals surface area contributed by atoms with Crippen molar-refractivity contribution in [2.45, 2.75) is 20.5 Å². The van der Waals surface area contributed by atoms with Crippen LogP contribution in [-0.2, 0) is 6.61 Å². The molecule has 6 heteroatoms. The first-order valence-electron chi connectivity index (χ1n) is 12.8. The number of hydrogen-bond acceptors (Lipinski definition) is 4. The summed E-state index contributed by atoms with van der Waals surface area (Å²) in [5.41, 5.74) is 6.97. The molecule has 0 fully saturated rings. The number of fused-ring (bicyclic) bond motifs is 2. The van der Waals surface area contributed by atoms with E-state index in [4.69, 9.17) is 9.15 Å². The van der Waals surface area contributed by atoms with Crippen molar-refractivity contribution in [3.05, 3.63) is 132 Å². The van der Waals surface area contributed by atoms with E-state index in [1.54, 1.807) is 18.3 Å². The maximum Gasteiger partial charge on any atom is 0.307 e. The Labute approximate surface area is 226 Å². The van der Waals surface area contributed by atoms with Crippen molar-refractivity contribution in [3.8, 4) is 11.4 Å². The Morgan fingerprint density at radius 3 is 2.15 bits per heavy atom. The molecule has 6 aromatic rings. The van der Waals surface area contributed by atoms with Crippen LogP contribution in [0.25, 0.3) is 27.2 Å². The molecule has 0 aliphatic carbocycles. The number of carbonyl (C=O) groups is 1. The van der Waals surface area contributed by atoms with E-state index in [0.29, 0.717) is 5.76 Å². The zero-order chi connectivity index (χ0) is 26.8. The van der Waals surface area contributed by atoms with Crippen LogP contribution in [0, 0.1) is 13.8 Å². The van der Waals surface area contributed by atoms with Gasteiger partial charge in [0.1, 0.15) is 18.1 Å². The number of ether oxygens (including phenoxy) is 1. The number of rotatable bonds is 7. The molecule has 39 heavy (non-hydrogen) atoms. The lowest BCUT2D eigenvalue weighted by Crippen LogP contribution is -2.16. The van der Waals surface area contributed by atoms with Gasteiger partial charge in [0.15, 0.2) is 5.76 Å². The molecule has 0 bridgehead atoms. The molecule has 0 aliphatic heterocycles. The smallest absolute Gasteiger partial charge is 0.307 e. The summed E-state index contributed by atoms with van der Waals surface area (Å²) >= 11 is 0. The Kier molecular flexibility index (Phi) is 6.43. The fourth-order valence-corrected chi connectivity index (χ4v) is 4.90. The van der Waals surface area contributed by atoms with E-state index in [-0.39, 0.29) is 12.4 Å². The van der Waals surface area contributed by atoms with Crippen LogP contribution >= 0.6 is 0 Å². The van der Waals surface area contributed by atoms with Gasteiger partial charge in [-0.2, -0.15) is 5.10 Å². The van der Waals surface area contributed by atoms with Crippen LogP contribution in [0.2, 0.25) is 0 Å². The molecule has 0 aliphatic rings. The lowest BCUT2D eigenvalue weighted by atomic mass is 9.97. The van der Waals surface area contributed by atoms with E-state index in [1.165, 1.54) is 11.4 Å². The number of furan rings is 1. The highest BCUT2D eigenvalue weighted by molar-refractivity contribution is 6.13. The molecule has 192 valence electrons. The van der Waals surface area contributed by atoms with E-state index in [2.05, 4.69) is 71.4 Å². The van der Waals surface area contributed by atoms with Crippen molar-refractivity contribution < 1.29 is 13.9 Å². The number of aromatic nitrogens is 1. The van der Waals surface area contributed by atoms with E-state index < -0.39 is 5.91 Å². The second kappa shape index (κ2) is 10.3. The summed E-state index contributed by atoms with van der Waals surface area (Å²) in [7, 11) is 0. The van der Waals surface area contributed by atoms with Gasteiger partial charge in [0.2, 0.25) is 0 Å². The summed E-state index contributed by atoms with van der Waals surface area (Å²) in [5.74, 6) is 1.01. The molecular weight excluding hydrogens is 486 g/mol. The van der Waals surface area contributed by atoms with Gasteiger partial charge in [0.25, 0.3) is 0 Å². The van der Waals surface area contributed by atoms with Crippen LogP contribution in [0.3, 0.4) is 0 Å². The third kappa shape index (κ3) is 4.92. The predicted molar refractivity (Wildman–Crippen MR) is 155 cm³/mol. The topological polar surface area (TPSA) is 68.8 Å². The Balaban J connectivity index is 1.11. The minimum Gasteiger partial charge on any atom is -0.486 e. The average Bonchev–Trinajstić information content (AvgIpc) is 3.58. The quantitative estimate of drug-likeness (QED) is 0.138. The minimum atomic E-state index is -0.427. The SMILES string of the molecule is Cc1ccc(C)n1-c1ccc(OCc2ccc(C(=O)N/N=C/c3c4ccccc4cc4ccccc34)o2)cc1. The number of hydrazone groups is 1. The van der Waals surface area contributed by atoms with Crippen molar-refractivity contribution in [1.82, 2.24) is 9.99 Å². The van der Waals surface area contributed by atoms with Crippen molar-refractivity contribution >= 4 is 33.7 Å². The molecule has 0 spiro atoms. The first-order valence-corrected chi connectivity index (χ1v) is 12.8. The molecule has 6 nitrogen and oxygen atoms in total. The largest absolute Gasteiger partial charge is 0.486 e. The second-order valence-corrected chi connectivity index (χ2v) is 9.43. The van der Waals surface area contributed by atoms with Gasteiger partial charge < -0.3 is 13.7 Å². The molecule has 0 saturated carbocycles. The van der Waals surface area contributed by atoms with Crippen molar-refractivity contribution in [1.29, 1.82) is 0 Å². The van der Waals surface area contributed by atoms with E-state index in [0.717, 1.165) is 38.5 Å². The van der Waals surface area contributed by atoms with E-state index in [1.807, 2.05) is 48.5 Å².